The third kappa shape index (κ3) is 5.44. The molecule has 4 heterocycles. The maximum atomic E-state index is 14.0. The van der Waals surface area contributed by atoms with Crippen LogP contribution in [0.15, 0.2) is 35.4 Å². The number of fused-ring (bicyclic) bond motifs is 1. The van der Waals surface area contributed by atoms with E-state index in [1.807, 2.05) is 12.1 Å². The molecule has 1 N–H and O–H groups in total. The van der Waals surface area contributed by atoms with Crippen molar-refractivity contribution in [1.82, 2.24) is 14.9 Å². The van der Waals surface area contributed by atoms with Crippen molar-refractivity contribution < 1.29 is 26.3 Å². The van der Waals surface area contributed by atoms with Crippen molar-refractivity contribution in [2.45, 2.75) is 36.3 Å². The van der Waals surface area contributed by atoms with Crippen molar-refractivity contribution in [3.05, 3.63) is 41.6 Å². The average Bonchev–Trinajstić information content (AvgIpc) is 3.67. The molecule has 1 aliphatic carbocycles. The van der Waals surface area contributed by atoms with Crippen LogP contribution in [-0.4, -0.2) is 68.9 Å². The number of hydrogen-bond acceptors (Lipinski definition) is 9. The summed E-state index contributed by atoms with van der Waals surface area (Å²) in [6.07, 6.45) is -1.55. The Hall–Kier alpha value is -2.90. The molecule has 2 aromatic heterocycles. The summed E-state index contributed by atoms with van der Waals surface area (Å²) in [6.45, 7) is 4.02. The van der Waals surface area contributed by atoms with Crippen LogP contribution in [0.2, 0.25) is 0 Å². The number of piperazine rings is 1. The molecule has 1 aromatic carbocycles. The number of hydrogen-bond donors (Lipinski definition) is 1. The molecule has 3 aromatic rings. The number of alkyl halides is 3. The van der Waals surface area contributed by atoms with Gasteiger partial charge in [0.1, 0.15) is 10.5 Å². The maximum absolute atomic E-state index is 14.0. The highest BCUT2D eigenvalue weighted by Crippen LogP contribution is 2.47. The van der Waals surface area contributed by atoms with Crippen LogP contribution in [0, 0.1) is 0 Å². The van der Waals surface area contributed by atoms with Gasteiger partial charge in [0.2, 0.25) is 5.95 Å². The van der Waals surface area contributed by atoms with Crippen molar-refractivity contribution in [2.24, 2.45) is 0 Å². The van der Waals surface area contributed by atoms with Crippen LogP contribution in [0.5, 0.6) is 5.06 Å². The van der Waals surface area contributed by atoms with Crippen LogP contribution in [-0.2, 0) is 16.0 Å². The lowest BCUT2D eigenvalue weighted by Crippen LogP contribution is -2.44. The lowest BCUT2D eigenvalue weighted by atomic mass is 10.1. The largest absolute Gasteiger partial charge is 0.483 e. The minimum atomic E-state index is -4.72. The van der Waals surface area contributed by atoms with Gasteiger partial charge in [0.05, 0.1) is 22.9 Å². The summed E-state index contributed by atoms with van der Waals surface area (Å²) < 4.78 is 72.7. The summed E-state index contributed by atoms with van der Waals surface area (Å²) in [5, 5.41) is 3.24. The fraction of sp³-hybridized carbons (Fsp3) is 0.462. The van der Waals surface area contributed by atoms with Crippen molar-refractivity contribution in [1.29, 1.82) is 0 Å². The van der Waals surface area contributed by atoms with E-state index in [-0.39, 0.29) is 38.8 Å². The van der Waals surface area contributed by atoms with E-state index in [2.05, 4.69) is 38.2 Å². The molecule has 2 fully saturated rings. The molecule has 0 unspecified atom stereocenters. The molecular formula is C26H28F3N5O3S2. The summed E-state index contributed by atoms with van der Waals surface area (Å²) in [7, 11) is -1.55. The van der Waals surface area contributed by atoms with Gasteiger partial charge >= 0.3 is 6.18 Å². The van der Waals surface area contributed by atoms with Gasteiger partial charge in [-0.25, -0.2) is 18.4 Å². The van der Waals surface area contributed by atoms with Crippen LogP contribution in [0.25, 0.3) is 10.6 Å². The Bertz CT molecular complexity index is 1500. The molecule has 0 spiro atoms. The van der Waals surface area contributed by atoms with Crippen LogP contribution in [0.4, 0.5) is 30.5 Å². The molecule has 13 heteroatoms. The fourth-order valence-electron chi connectivity index (χ4n) is 4.93. The Morgan fingerprint density at radius 3 is 2.62 bits per heavy atom. The van der Waals surface area contributed by atoms with E-state index < -0.39 is 21.6 Å². The number of benzene rings is 1. The topological polar surface area (TPSA) is 87.7 Å². The monoisotopic (exact) mass is 579 g/mol. The molecule has 3 aliphatic rings. The second-order valence-corrected chi connectivity index (χ2v) is 13.3. The van der Waals surface area contributed by atoms with Gasteiger partial charge < -0.3 is 19.9 Å². The Morgan fingerprint density at radius 1 is 1.13 bits per heavy atom. The Kier molecular flexibility index (Phi) is 6.71. The molecule has 0 bridgehead atoms. The van der Waals surface area contributed by atoms with Crippen LogP contribution in [0.3, 0.4) is 0 Å². The number of likely N-dealkylation sites (N-methyl/N-ethyl adjacent to an activating group) is 1. The van der Waals surface area contributed by atoms with Crippen LogP contribution < -0.4 is 15.0 Å². The van der Waals surface area contributed by atoms with E-state index in [9.17, 15) is 21.6 Å². The molecule has 39 heavy (non-hydrogen) atoms. The number of nitrogens with zero attached hydrogens (tertiary/aromatic N) is 4. The zero-order valence-electron chi connectivity index (χ0n) is 21.3. The first kappa shape index (κ1) is 26.3. The highest BCUT2D eigenvalue weighted by atomic mass is 32.2. The maximum Gasteiger partial charge on any atom is 0.420 e. The van der Waals surface area contributed by atoms with E-state index in [4.69, 9.17) is 4.74 Å². The third-order valence-corrected chi connectivity index (χ3v) is 10.3. The average molecular weight is 580 g/mol. The van der Waals surface area contributed by atoms with Crippen LogP contribution in [0.1, 0.15) is 36.3 Å². The van der Waals surface area contributed by atoms with Gasteiger partial charge in [-0.1, -0.05) is 11.3 Å². The predicted octanol–water partition coefficient (Wildman–Crippen LogP) is 5.15. The third-order valence-electron chi connectivity index (χ3n) is 7.29. The highest BCUT2D eigenvalue weighted by molar-refractivity contribution is 7.91. The molecule has 1 saturated carbocycles. The fourth-order valence-corrected chi connectivity index (χ4v) is 7.77. The van der Waals surface area contributed by atoms with Gasteiger partial charge in [0, 0.05) is 43.8 Å². The number of ether oxygens (including phenoxy) is 1. The Morgan fingerprint density at radius 2 is 1.90 bits per heavy atom. The SMILES string of the molecule is CN1CCN(c2ccc(Nc3ncc(C(F)(F)F)c(-c4cc5c(s4)OCCCS5(=O)=O)n3)c(C3CC3)c2)CC1. The first-order valence-corrected chi connectivity index (χ1v) is 15.3. The summed E-state index contributed by atoms with van der Waals surface area (Å²) in [5.74, 6) is 0.274. The molecule has 0 atom stereocenters. The van der Waals surface area contributed by atoms with Gasteiger partial charge in [-0.3, -0.25) is 0 Å². The van der Waals surface area contributed by atoms with E-state index >= 15 is 0 Å². The Balaban J connectivity index is 1.35. The number of halogens is 3. The molecule has 0 radical (unpaired) electrons. The molecule has 2 aliphatic heterocycles. The lowest BCUT2D eigenvalue weighted by molar-refractivity contribution is -0.137. The highest BCUT2D eigenvalue weighted by Gasteiger charge is 2.37. The molecule has 208 valence electrons. The van der Waals surface area contributed by atoms with E-state index in [0.29, 0.717) is 12.3 Å². The van der Waals surface area contributed by atoms with Gasteiger partial charge in [0.15, 0.2) is 14.9 Å². The van der Waals surface area contributed by atoms with Gasteiger partial charge in [-0.2, -0.15) is 13.2 Å². The quantitative estimate of drug-likeness (QED) is 0.444. The second-order valence-electron chi connectivity index (χ2n) is 10.2. The lowest BCUT2D eigenvalue weighted by Gasteiger charge is -2.34. The smallest absolute Gasteiger partial charge is 0.420 e. The first-order valence-electron chi connectivity index (χ1n) is 12.9. The van der Waals surface area contributed by atoms with E-state index in [0.717, 1.165) is 73.5 Å². The predicted molar refractivity (Wildman–Crippen MR) is 144 cm³/mol. The van der Waals surface area contributed by atoms with Gasteiger partial charge in [0.25, 0.3) is 0 Å². The normalized spacial score (nSPS) is 19.7. The summed E-state index contributed by atoms with van der Waals surface area (Å²) in [5.41, 5.74) is 1.58. The van der Waals surface area contributed by atoms with E-state index in [1.54, 1.807) is 0 Å². The van der Waals surface area contributed by atoms with Crippen molar-refractivity contribution >= 4 is 38.5 Å². The number of rotatable bonds is 5. The summed E-state index contributed by atoms with van der Waals surface area (Å²) in [4.78, 5) is 12.9. The number of sulfone groups is 1. The molecule has 1 saturated heterocycles. The zero-order chi connectivity index (χ0) is 27.4. The second kappa shape index (κ2) is 9.93. The molecular weight excluding hydrogens is 551 g/mol. The minimum absolute atomic E-state index is 0.0135. The van der Waals surface area contributed by atoms with Crippen LogP contribution >= 0.6 is 11.3 Å². The summed E-state index contributed by atoms with van der Waals surface area (Å²) >= 11 is 0.857. The number of thiophene rings is 1. The summed E-state index contributed by atoms with van der Waals surface area (Å²) in [6, 6.07) is 7.36. The van der Waals surface area contributed by atoms with Crippen molar-refractivity contribution in [3.63, 3.8) is 0 Å². The standard InChI is InChI=1S/C26H28F3N5O3S2/c1-33-7-9-34(10-8-33)17-5-6-20(18(13-17)16-3-4-16)31-25-30-15-19(26(27,28)29)23(32-25)21-14-22-24(38-21)37-11-2-12-39(22,35)36/h5-6,13-16H,2-4,7-12H2,1H3,(H,30,31,32). The Labute approximate surface area is 228 Å². The van der Waals surface area contributed by atoms with Gasteiger partial charge in [-0.05, 0) is 62.1 Å². The molecule has 0 amide bonds. The van der Waals surface area contributed by atoms with Gasteiger partial charge in [-0.15, -0.1) is 0 Å². The van der Waals surface area contributed by atoms with Crippen molar-refractivity contribution in [2.75, 3.05) is 55.8 Å². The zero-order valence-corrected chi connectivity index (χ0v) is 22.9. The number of nitrogens with one attached hydrogen (secondary N) is 1. The van der Waals surface area contributed by atoms with Crippen molar-refractivity contribution in [3.8, 4) is 15.6 Å². The number of anilines is 3. The molecule has 6 rings (SSSR count). The minimum Gasteiger partial charge on any atom is -0.483 e. The number of aromatic nitrogens is 2. The molecule has 8 nitrogen and oxygen atoms in total. The van der Waals surface area contributed by atoms with E-state index in [1.165, 1.54) is 6.07 Å². The first-order chi connectivity index (χ1) is 18.6.